The molecule has 20 aromatic rings. The Balaban J connectivity index is 0.000000139. The van der Waals surface area contributed by atoms with Crippen LogP contribution in [-0.4, -0.2) is 33.2 Å². The predicted octanol–water partition coefficient (Wildman–Crippen LogP) is 23.9. The van der Waals surface area contributed by atoms with E-state index < -0.39 is 0 Å². The summed E-state index contributed by atoms with van der Waals surface area (Å²) in [4.78, 5) is 15.7. The first kappa shape index (κ1) is 57.9. The van der Waals surface area contributed by atoms with Gasteiger partial charge in [-0.2, -0.15) is 0 Å². The van der Waals surface area contributed by atoms with E-state index in [0.717, 1.165) is 72.9 Å². The van der Waals surface area contributed by atoms with Gasteiger partial charge in [0, 0.05) is 71.2 Å². The van der Waals surface area contributed by atoms with Crippen LogP contribution in [0.4, 0.5) is 0 Å². The molecule has 0 saturated heterocycles. The maximum absolute atomic E-state index is 5.30. The maximum atomic E-state index is 5.30. The minimum Gasteiger partial charge on any atom is -0.309 e. The maximum Gasteiger partial charge on any atom is 0.235 e. The highest BCUT2D eigenvalue weighted by molar-refractivity contribution is 6.15. The molecule has 0 bridgehead atoms. The monoisotopic (exact) mass is 1280 g/mol. The van der Waals surface area contributed by atoms with Crippen LogP contribution in [0.5, 0.6) is 0 Å². The van der Waals surface area contributed by atoms with Crippen molar-refractivity contribution in [2.45, 2.75) is 0 Å². The zero-order chi connectivity index (χ0) is 66.0. The molecular weight excluding hydrogens is 1220 g/mol. The fourth-order valence-corrected chi connectivity index (χ4v) is 15.0. The van der Waals surface area contributed by atoms with Crippen LogP contribution in [0.25, 0.3) is 178 Å². The largest absolute Gasteiger partial charge is 0.309 e. The Morgan fingerprint density at radius 2 is 0.440 bits per heavy atom. The molecule has 0 saturated carbocycles. The van der Waals surface area contributed by atoms with E-state index in [2.05, 4.69) is 376 Å². The van der Waals surface area contributed by atoms with Crippen molar-refractivity contribution in [3.05, 3.63) is 370 Å². The van der Waals surface area contributed by atoms with Crippen molar-refractivity contribution in [1.82, 2.24) is 33.2 Å². The molecule has 0 amide bonds. The Morgan fingerprint density at radius 3 is 0.820 bits per heavy atom. The zero-order valence-electron chi connectivity index (χ0n) is 54.3. The van der Waals surface area contributed by atoms with Crippen molar-refractivity contribution in [2.75, 3.05) is 0 Å². The van der Waals surface area contributed by atoms with Crippen molar-refractivity contribution in [3.8, 4) is 90.3 Å². The second-order valence-electron chi connectivity index (χ2n) is 25.5. The van der Waals surface area contributed by atoms with Gasteiger partial charge >= 0.3 is 0 Å². The van der Waals surface area contributed by atoms with E-state index in [1.165, 1.54) is 98.7 Å². The second-order valence-corrected chi connectivity index (χ2v) is 25.5. The van der Waals surface area contributed by atoms with Gasteiger partial charge in [-0.15, -0.1) is 0 Å². The molecule has 0 unspecified atom stereocenters. The molecule has 468 valence electrons. The molecule has 14 aromatic carbocycles. The van der Waals surface area contributed by atoms with Crippen LogP contribution in [0.1, 0.15) is 0 Å². The predicted molar refractivity (Wildman–Crippen MR) is 416 cm³/mol. The first-order chi connectivity index (χ1) is 49.6. The van der Waals surface area contributed by atoms with Crippen LogP contribution in [0, 0.1) is 0 Å². The Kier molecular flexibility index (Phi) is 14.1. The molecule has 0 aliphatic carbocycles. The van der Waals surface area contributed by atoms with E-state index >= 15 is 0 Å². The van der Waals surface area contributed by atoms with Gasteiger partial charge in [-0.1, -0.05) is 255 Å². The van der Waals surface area contributed by atoms with E-state index in [1.807, 2.05) is 12.1 Å². The first-order valence-electron chi connectivity index (χ1n) is 34.0. The topological polar surface area (TPSA) is 58.4 Å². The number of hydrogen-bond donors (Lipinski definition) is 0. The third-order valence-electron chi connectivity index (χ3n) is 19.7. The van der Waals surface area contributed by atoms with Crippen LogP contribution in [0.3, 0.4) is 0 Å². The molecule has 0 radical (unpaired) electrons. The molecule has 0 aliphatic rings. The van der Waals surface area contributed by atoms with Crippen molar-refractivity contribution in [1.29, 1.82) is 0 Å². The number of aromatic nitrogens is 7. The normalized spacial score (nSPS) is 11.6. The third kappa shape index (κ3) is 10.0. The van der Waals surface area contributed by atoms with Crippen molar-refractivity contribution in [2.24, 2.45) is 0 Å². The Bertz CT molecular complexity index is 5980. The lowest BCUT2D eigenvalue weighted by Crippen LogP contribution is -2.03. The number of rotatable bonds is 10. The number of pyridine rings is 1. The number of para-hydroxylation sites is 6. The molecule has 0 aliphatic heterocycles. The minimum atomic E-state index is 0.652. The quantitative estimate of drug-likeness (QED) is 0.137. The van der Waals surface area contributed by atoms with Crippen LogP contribution >= 0.6 is 0 Å². The van der Waals surface area contributed by atoms with Gasteiger partial charge in [0.25, 0.3) is 0 Å². The van der Waals surface area contributed by atoms with E-state index in [1.54, 1.807) is 0 Å². The summed E-state index contributed by atoms with van der Waals surface area (Å²) < 4.78 is 9.26. The van der Waals surface area contributed by atoms with Crippen LogP contribution in [-0.2, 0) is 0 Å². The molecule has 0 spiro atoms. The van der Waals surface area contributed by atoms with E-state index in [9.17, 15) is 0 Å². The fourth-order valence-electron chi connectivity index (χ4n) is 15.0. The van der Waals surface area contributed by atoms with Crippen LogP contribution in [0.15, 0.2) is 370 Å². The Labute approximate surface area is 577 Å². The number of nitrogens with zero attached hydrogens (tertiary/aromatic N) is 7. The standard InChI is InChI=1S/C47H31N3.C46H30N4/c1-4-14-32(15-5-1)36-30-42(33-16-6-2-7-17-33)48-47(31-36)50-44-23-13-11-21-39(44)41-29-35(25-27-46(41)50)34-24-26-45-40(28-34)38-20-10-12-22-43(38)49(45)37-18-8-3-9-19-37;1-4-14-31(15-5-1)40-30-41(32-16-6-2-7-17-32)48-46(47-40)50-43-23-13-11-21-37(43)39-29-34(25-27-45(39)50)33-24-26-44-38(28-33)36-20-10-12-22-42(36)49(44)35-18-8-3-9-19-35/h1-31H;1-30H. The minimum absolute atomic E-state index is 0.652. The average molecular weight is 1280 g/mol. The third-order valence-corrected chi connectivity index (χ3v) is 19.7. The highest BCUT2D eigenvalue weighted by Gasteiger charge is 2.22. The van der Waals surface area contributed by atoms with Gasteiger partial charge in [-0.05, 0) is 149 Å². The summed E-state index contributed by atoms with van der Waals surface area (Å²) in [5.41, 5.74) is 24.5. The fraction of sp³-hybridized carbons (Fsp3) is 0. The molecule has 100 heavy (non-hydrogen) atoms. The van der Waals surface area contributed by atoms with Gasteiger partial charge in [0.05, 0.1) is 61.2 Å². The van der Waals surface area contributed by atoms with E-state index in [-0.39, 0.29) is 0 Å². The summed E-state index contributed by atoms with van der Waals surface area (Å²) in [6, 6.07) is 132. The zero-order valence-corrected chi connectivity index (χ0v) is 54.3. The highest BCUT2D eigenvalue weighted by atomic mass is 15.2. The molecule has 7 nitrogen and oxygen atoms in total. The lowest BCUT2D eigenvalue weighted by molar-refractivity contribution is 0.995. The summed E-state index contributed by atoms with van der Waals surface area (Å²) in [6.45, 7) is 0. The number of benzene rings is 14. The smallest absolute Gasteiger partial charge is 0.235 e. The summed E-state index contributed by atoms with van der Waals surface area (Å²) in [5.74, 6) is 1.55. The first-order valence-corrected chi connectivity index (χ1v) is 34.0. The summed E-state index contributed by atoms with van der Waals surface area (Å²) in [7, 11) is 0. The van der Waals surface area contributed by atoms with Gasteiger partial charge in [0.15, 0.2) is 0 Å². The molecule has 0 atom stereocenters. The summed E-state index contributed by atoms with van der Waals surface area (Å²) in [5, 5.41) is 9.74. The van der Waals surface area contributed by atoms with Gasteiger partial charge < -0.3 is 9.13 Å². The lowest BCUT2D eigenvalue weighted by Gasteiger charge is -2.13. The Morgan fingerprint density at radius 1 is 0.160 bits per heavy atom. The molecule has 7 heteroatoms. The van der Waals surface area contributed by atoms with Crippen molar-refractivity contribution < 1.29 is 0 Å². The molecule has 6 heterocycles. The second kappa shape index (κ2) is 24.3. The van der Waals surface area contributed by atoms with Crippen LogP contribution in [0.2, 0.25) is 0 Å². The Hall–Kier alpha value is -13.5. The number of fused-ring (bicyclic) bond motifs is 12. The molecule has 20 rings (SSSR count). The lowest BCUT2D eigenvalue weighted by atomic mass is 10.0. The SMILES string of the molecule is c1ccc(-c2cc(-c3ccccc3)nc(-n3c4ccccc4c4cc(-c5ccc6c(c5)c5ccccc5n6-c5ccccc5)ccc43)c2)cc1.c1ccc(-c2cc(-c3ccccc3)nc(-n3c4ccccc4c4cc(-c5ccc6c(c5)c5ccccc5n6-c5ccccc5)ccc43)n2)cc1. The van der Waals surface area contributed by atoms with Crippen molar-refractivity contribution in [3.63, 3.8) is 0 Å². The number of hydrogen-bond acceptors (Lipinski definition) is 3. The molecular formula is C93H61N7. The van der Waals surface area contributed by atoms with Gasteiger partial charge in [-0.3, -0.25) is 9.13 Å². The van der Waals surface area contributed by atoms with E-state index in [4.69, 9.17) is 15.0 Å². The molecule has 0 N–H and O–H groups in total. The average Bonchev–Trinajstić information content (AvgIpc) is 1.60. The highest BCUT2D eigenvalue weighted by Crippen LogP contribution is 2.42. The van der Waals surface area contributed by atoms with Gasteiger partial charge in [0.1, 0.15) is 5.82 Å². The summed E-state index contributed by atoms with van der Waals surface area (Å²) in [6.07, 6.45) is 0. The van der Waals surface area contributed by atoms with Gasteiger partial charge in [0.2, 0.25) is 5.95 Å². The van der Waals surface area contributed by atoms with Gasteiger partial charge in [-0.25, -0.2) is 15.0 Å². The van der Waals surface area contributed by atoms with E-state index in [0.29, 0.717) is 5.95 Å². The molecule has 0 fully saturated rings. The summed E-state index contributed by atoms with van der Waals surface area (Å²) >= 11 is 0. The van der Waals surface area contributed by atoms with Crippen molar-refractivity contribution >= 4 is 87.2 Å². The molecule has 6 aromatic heterocycles. The van der Waals surface area contributed by atoms with Crippen LogP contribution < -0.4 is 0 Å².